The SMILES string of the molecule is O=C(NCc1cn[nH]c1)C1(c2ccc(CNS(=O)[O-])c(F)c2)CCOCC1. The van der Waals surface area contributed by atoms with Gasteiger partial charge in [-0.15, -0.1) is 0 Å². The molecular weight excluding hydrogens is 375 g/mol. The van der Waals surface area contributed by atoms with Gasteiger partial charge < -0.3 is 14.6 Å². The first kappa shape index (κ1) is 19.6. The van der Waals surface area contributed by atoms with Crippen molar-refractivity contribution in [2.75, 3.05) is 13.2 Å². The Labute approximate surface area is 158 Å². The quantitative estimate of drug-likeness (QED) is 0.599. The Bertz CT molecular complexity index is 809. The van der Waals surface area contributed by atoms with Gasteiger partial charge in [0.2, 0.25) is 5.91 Å². The second-order valence-corrected chi connectivity index (χ2v) is 7.10. The van der Waals surface area contributed by atoms with Crippen LogP contribution in [0.3, 0.4) is 0 Å². The van der Waals surface area contributed by atoms with Crippen LogP contribution in [0.25, 0.3) is 0 Å². The Hall–Kier alpha value is -2.14. The molecule has 8 nitrogen and oxygen atoms in total. The Balaban J connectivity index is 1.82. The van der Waals surface area contributed by atoms with E-state index in [1.54, 1.807) is 18.5 Å². The molecule has 1 unspecified atom stereocenters. The molecule has 3 rings (SSSR count). The number of hydrogen-bond acceptors (Lipinski definition) is 5. The number of nitrogens with one attached hydrogen (secondary N) is 3. The monoisotopic (exact) mass is 395 g/mol. The molecule has 1 aromatic carbocycles. The third kappa shape index (κ3) is 4.59. The van der Waals surface area contributed by atoms with Crippen molar-refractivity contribution in [2.45, 2.75) is 31.3 Å². The lowest BCUT2D eigenvalue weighted by molar-refractivity contribution is -0.130. The zero-order chi connectivity index (χ0) is 19.3. The highest BCUT2D eigenvalue weighted by Gasteiger charge is 2.42. The van der Waals surface area contributed by atoms with E-state index in [0.29, 0.717) is 38.2 Å². The average molecular weight is 395 g/mol. The van der Waals surface area contributed by atoms with Crippen molar-refractivity contribution in [3.63, 3.8) is 0 Å². The van der Waals surface area contributed by atoms with E-state index in [9.17, 15) is 17.9 Å². The molecule has 1 aliphatic rings. The second kappa shape index (κ2) is 8.70. The van der Waals surface area contributed by atoms with Gasteiger partial charge in [0, 0.05) is 54.9 Å². The van der Waals surface area contributed by atoms with E-state index in [-0.39, 0.29) is 18.0 Å². The molecule has 2 heterocycles. The van der Waals surface area contributed by atoms with Gasteiger partial charge in [-0.25, -0.2) is 9.11 Å². The summed E-state index contributed by atoms with van der Waals surface area (Å²) in [5.41, 5.74) is 0.712. The fourth-order valence-electron chi connectivity index (χ4n) is 3.22. The summed E-state index contributed by atoms with van der Waals surface area (Å²) in [6.07, 6.45) is 4.19. The molecule has 1 saturated heterocycles. The molecule has 1 aliphatic heterocycles. The summed E-state index contributed by atoms with van der Waals surface area (Å²) >= 11 is -2.47. The van der Waals surface area contributed by atoms with E-state index in [2.05, 4.69) is 20.2 Å². The summed E-state index contributed by atoms with van der Waals surface area (Å²) in [6, 6.07) is 4.50. The van der Waals surface area contributed by atoms with Gasteiger partial charge in [-0.1, -0.05) is 12.1 Å². The molecule has 3 N–H and O–H groups in total. The van der Waals surface area contributed by atoms with Gasteiger partial charge in [0.15, 0.2) is 0 Å². The third-order valence-corrected chi connectivity index (χ3v) is 5.16. The first-order valence-electron chi connectivity index (χ1n) is 8.47. The Morgan fingerprint density at radius 2 is 2.15 bits per heavy atom. The zero-order valence-electron chi connectivity index (χ0n) is 14.5. The molecular formula is C17H20FN4O4S-. The van der Waals surface area contributed by atoms with Crippen LogP contribution in [-0.2, 0) is 39.3 Å². The predicted octanol–water partition coefficient (Wildman–Crippen LogP) is 0.797. The average Bonchev–Trinajstić information content (AvgIpc) is 3.19. The van der Waals surface area contributed by atoms with Gasteiger partial charge in [0.05, 0.1) is 11.6 Å². The van der Waals surface area contributed by atoms with Crippen LogP contribution in [0.1, 0.15) is 29.5 Å². The van der Waals surface area contributed by atoms with Crippen LogP contribution in [0.4, 0.5) is 4.39 Å². The van der Waals surface area contributed by atoms with Crippen LogP contribution >= 0.6 is 0 Å². The molecule has 0 bridgehead atoms. The zero-order valence-corrected chi connectivity index (χ0v) is 15.3. The van der Waals surface area contributed by atoms with Gasteiger partial charge in [0.25, 0.3) is 0 Å². The molecule has 1 atom stereocenters. The van der Waals surface area contributed by atoms with Crippen LogP contribution < -0.4 is 10.0 Å². The van der Waals surface area contributed by atoms with Crippen molar-refractivity contribution < 1.29 is 22.7 Å². The van der Waals surface area contributed by atoms with E-state index in [4.69, 9.17) is 4.74 Å². The molecule has 2 aromatic rings. The van der Waals surface area contributed by atoms with Crippen molar-refractivity contribution in [1.29, 1.82) is 0 Å². The minimum atomic E-state index is -2.47. The largest absolute Gasteiger partial charge is 0.760 e. The van der Waals surface area contributed by atoms with E-state index in [0.717, 1.165) is 5.56 Å². The van der Waals surface area contributed by atoms with Crippen molar-refractivity contribution in [2.24, 2.45) is 0 Å². The van der Waals surface area contributed by atoms with Crippen molar-refractivity contribution in [3.8, 4) is 0 Å². The minimum Gasteiger partial charge on any atom is -0.760 e. The van der Waals surface area contributed by atoms with Gasteiger partial charge in [-0.3, -0.25) is 14.1 Å². The lowest BCUT2D eigenvalue weighted by Gasteiger charge is -2.36. The number of hydrogen-bond donors (Lipinski definition) is 3. The number of aromatic nitrogens is 2. The first-order chi connectivity index (χ1) is 13.0. The number of carbonyl (C=O) groups excluding carboxylic acids is 1. The minimum absolute atomic E-state index is 0.148. The van der Waals surface area contributed by atoms with Crippen LogP contribution in [-0.4, -0.2) is 38.1 Å². The second-order valence-electron chi connectivity index (χ2n) is 6.35. The topological polar surface area (TPSA) is 119 Å². The Morgan fingerprint density at radius 1 is 1.37 bits per heavy atom. The maximum absolute atomic E-state index is 14.5. The normalized spacial score (nSPS) is 17.4. The lowest BCUT2D eigenvalue weighted by Crippen LogP contribution is -2.47. The molecule has 1 fully saturated rings. The van der Waals surface area contributed by atoms with Crippen molar-refractivity contribution in [3.05, 3.63) is 53.1 Å². The van der Waals surface area contributed by atoms with Crippen LogP contribution in [0.2, 0.25) is 0 Å². The van der Waals surface area contributed by atoms with Gasteiger partial charge in [0.1, 0.15) is 5.82 Å². The Morgan fingerprint density at radius 3 is 2.78 bits per heavy atom. The summed E-state index contributed by atoms with van der Waals surface area (Å²) < 4.78 is 43.2. The van der Waals surface area contributed by atoms with Crippen molar-refractivity contribution in [1.82, 2.24) is 20.2 Å². The fraction of sp³-hybridized carbons (Fsp3) is 0.412. The molecule has 0 aliphatic carbocycles. The predicted molar refractivity (Wildman–Crippen MR) is 94.3 cm³/mol. The molecule has 27 heavy (non-hydrogen) atoms. The summed E-state index contributed by atoms with van der Waals surface area (Å²) in [6.45, 7) is 0.973. The smallest absolute Gasteiger partial charge is 0.231 e. The molecule has 0 radical (unpaired) electrons. The number of carbonyl (C=O) groups is 1. The molecule has 1 aromatic heterocycles. The highest BCUT2D eigenvalue weighted by Crippen LogP contribution is 2.36. The first-order valence-corrected chi connectivity index (χ1v) is 9.54. The number of nitrogens with zero attached hydrogens (tertiary/aromatic N) is 1. The van der Waals surface area contributed by atoms with Crippen LogP contribution in [0.5, 0.6) is 0 Å². The summed E-state index contributed by atoms with van der Waals surface area (Å²) in [5, 5.41) is 9.43. The summed E-state index contributed by atoms with van der Waals surface area (Å²) in [5.74, 6) is -0.753. The van der Waals surface area contributed by atoms with Crippen LogP contribution in [0.15, 0.2) is 30.6 Å². The number of rotatable bonds is 7. The lowest BCUT2D eigenvalue weighted by atomic mass is 9.73. The summed E-state index contributed by atoms with van der Waals surface area (Å²) in [4.78, 5) is 13.0. The third-order valence-electron chi connectivity index (χ3n) is 4.78. The standard InChI is InChI=1S/C17H21FN4O4S/c18-15-7-14(2-1-13(15)11-22-27(24)25)17(3-5-26-6-4-17)16(23)19-8-12-9-20-21-10-12/h1-2,7,9-10,22H,3-6,8,11H2,(H,19,23)(H,20,21)(H,24,25)/p-1. The fourth-order valence-corrected chi connectivity index (χ4v) is 3.49. The Kier molecular flexibility index (Phi) is 6.32. The molecule has 146 valence electrons. The maximum Gasteiger partial charge on any atom is 0.231 e. The van der Waals surface area contributed by atoms with E-state index in [1.807, 2.05) is 0 Å². The maximum atomic E-state index is 14.5. The molecule has 0 spiro atoms. The summed E-state index contributed by atoms with van der Waals surface area (Å²) in [7, 11) is 0. The number of aromatic amines is 1. The number of amides is 1. The number of halogens is 1. The van der Waals surface area contributed by atoms with E-state index >= 15 is 0 Å². The molecule has 1 amide bonds. The molecule has 10 heteroatoms. The highest BCUT2D eigenvalue weighted by atomic mass is 32.2. The highest BCUT2D eigenvalue weighted by molar-refractivity contribution is 7.77. The van der Waals surface area contributed by atoms with Crippen molar-refractivity contribution >= 4 is 17.2 Å². The van der Waals surface area contributed by atoms with Crippen LogP contribution in [0, 0.1) is 5.82 Å². The number of ether oxygens (including phenoxy) is 1. The number of H-pyrrole nitrogens is 1. The number of benzene rings is 1. The van der Waals surface area contributed by atoms with E-state index < -0.39 is 22.5 Å². The molecule has 0 saturated carbocycles. The van der Waals surface area contributed by atoms with Gasteiger partial charge >= 0.3 is 0 Å². The van der Waals surface area contributed by atoms with Gasteiger partial charge in [-0.05, 0) is 24.5 Å². The van der Waals surface area contributed by atoms with E-state index in [1.165, 1.54) is 12.1 Å². The van der Waals surface area contributed by atoms with Gasteiger partial charge in [-0.2, -0.15) is 5.10 Å².